The summed E-state index contributed by atoms with van der Waals surface area (Å²) in [5.74, 6) is -0.203. The van der Waals surface area contributed by atoms with Crippen LogP contribution in [0.15, 0.2) is 29.1 Å². The molecule has 0 atom stereocenters. The van der Waals surface area contributed by atoms with Crippen molar-refractivity contribution in [2.24, 2.45) is 0 Å². The van der Waals surface area contributed by atoms with Crippen molar-refractivity contribution < 1.29 is 5.11 Å². The molecule has 0 bridgehead atoms. The molecule has 0 saturated carbocycles. The first-order chi connectivity index (χ1) is 13.5. The Morgan fingerprint density at radius 3 is 2.71 bits per heavy atom. The quantitative estimate of drug-likeness (QED) is 0.429. The summed E-state index contributed by atoms with van der Waals surface area (Å²) >= 11 is 5.89. The maximum absolute atomic E-state index is 12.9. The molecule has 2 heterocycles. The van der Waals surface area contributed by atoms with E-state index >= 15 is 0 Å². The van der Waals surface area contributed by atoms with Gasteiger partial charge in [-0.05, 0) is 54.4 Å². The molecule has 1 aromatic rings. The normalized spacial score (nSPS) is 11.0. The molecular weight excluding hydrogens is 378 g/mol. The number of hydrogen-bond donors (Lipinski definition) is 0. The molecule has 0 saturated heterocycles. The van der Waals surface area contributed by atoms with E-state index in [-0.39, 0.29) is 29.0 Å². The van der Waals surface area contributed by atoms with Crippen molar-refractivity contribution in [1.82, 2.24) is 19.1 Å². The molecule has 0 radical (unpaired) electrons. The van der Waals surface area contributed by atoms with Crippen molar-refractivity contribution in [1.29, 1.82) is 5.26 Å². The summed E-state index contributed by atoms with van der Waals surface area (Å²) in [7, 11) is 0. The van der Waals surface area contributed by atoms with Crippen LogP contribution >= 0.6 is 11.6 Å². The molecule has 3 rings (SSSR count). The molecule has 1 aromatic carbocycles. The zero-order valence-corrected chi connectivity index (χ0v) is 16.4. The van der Waals surface area contributed by atoms with Gasteiger partial charge in [-0.25, -0.2) is 9.78 Å². The van der Waals surface area contributed by atoms with E-state index in [1.54, 1.807) is 6.07 Å². The highest BCUT2D eigenvalue weighted by atomic mass is 35.5. The number of aryl methyl sites for hydroxylation is 1. The predicted molar refractivity (Wildman–Crippen MR) is 104 cm³/mol. The molecule has 8 heteroatoms. The van der Waals surface area contributed by atoms with Gasteiger partial charge in [-0.3, -0.25) is 4.57 Å². The molecular formula is C20H21ClN5O2-. The van der Waals surface area contributed by atoms with E-state index in [0.29, 0.717) is 24.9 Å². The van der Waals surface area contributed by atoms with Gasteiger partial charge < -0.3 is 9.67 Å². The van der Waals surface area contributed by atoms with Crippen molar-refractivity contribution in [3.05, 3.63) is 51.2 Å². The lowest BCUT2D eigenvalue weighted by atomic mass is 10.1. The molecule has 0 aromatic heterocycles. The largest absolute Gasteiger partial charge is 0.858 e. The Balaban J connectivity index is 1.86. The van der Waals surface area contributed by atoms with E-state index in [4.69, 9.17) is 16.9 Å². The number of fused-ring (bicyclic) bond motifs is 1. The number of nitrogens with zero attached hydrogens (tertiary/aromatic N) is 5. The Labute approximate surface area is 168 Å². The van der Waals surface area contributed by atoms with Gasteiger partial charge >= 0.3 is 5.69 Å². The standard InChI is InChI=1S/C20H22ClN5O2/c1-2-3-4-10-25-17-16(23-19(21)24-17)18(27)26(20(25)28)11-6-9-14-7-5-8-15(12-14)13-22/h5,7-8,12,27H,2-4,6,9-11H2,1H3/p-1. The Bertz CT molecular complexity index is 1030. The monoisotopic (exact) mass is 398 g/mol. The SMILES string of the molecule is CCCCCn1c2nc(Cl)nc-2c([O-])n(CCCc2cccc(C#N)c2)c1=O. The van der Waals surface area contributed by atoms with Gasteiger partial charge in [0, 0.05) is 13.1 Å². The molecule has 28 heavy (non-hydrogen) atoms. The molecule has 0 N–H and O–H groups in total. The van der Waals surface area contributed by atoms with Gasteiger partial charge in [0.15, 0.2) is 5.82 Å². The first kappa shape index (κ1) is 19.9. The van der Waals surface area contributed by atoms with Gasteiger partial charge in [-0.15, -0.1) is 0 Å². The third kappa shape index (κ3) is 4.18. The number of nitriles is 1. The topological polar surface area (TPSA) is 99.6 Å². The van der Waals surface area contributed by atoms with E-state index in [0.717, 1.165) is 24.8 Å². The predicted octanol–water partition coefficient (Wildman–Crippen LogP) is 2.97. The summed E-state index contributed by atoms with van der Waals surface area (Å²) in [5.41, 5.74) is 1.34. The summed E-state index contributed by atoms with van der Waals surface area (Å²) in [6.45, 7) is 2.82. The van der Waals surface area contributed by atoms with Crippen LogP contribution in [-0.4, -0.2) is 19.1 Å². The maximum atomic E-state index is 12.9. The van der Waals surface area contributed by atoms with Crippen LogP contribution in [0.2, 0.25) is 5.28 Å². The minimum absolute atomic E-state index is 0.0261. The fourth-order valence-corrected chi connectivity index (χ4v) is 3.41. The van der Waals surface area contributed by atoms with Gasteiger partial charge in [0.1, 0.15) is 5.69 Å². The lowest BCUT2D eigenvalue weighted by Crippen LogP contribution is -2.35. The first-order valence-electron chi connectivity index (χ1n) is 9.37. The molecule has 2 aliphatic heterocycles. The van der Waals surface area contributed by atoms with Crippen molar-refractivity contribution in [2.75, 3.05) is 0 Å². The van der Waals surface area contributed by atoms with E-state index in [1.165, 1.54) is 9.13 Å². The van der Waals surface area contributed by atoms with Crippen LogP contribution in [0.25, 0.3) is 11.5 Å². The number of benzene rings is 1. The average Bonchev–Trinajstić information content (AvgIpc) is 3.09. The van der Waals surface area contributed by atoms with Gasteiger partial charge in [-0.2, -0.15) is 10.2 Å². The highest BCUT2D eigenvalue weighted by molar-refractivity contribution is 6.28. The number of halogens is 1. The van der Waals surface area contributed by atoms with Gasteiger partial charge in [0.25, 0.3) is 0 Å². The van der Waals surface area contributed by atoms with E-state index in [1.807, 2.05) is 18.2 Å². The molecule has 7 nitrogen and oxygen atoms in total. The Kier molecular flexibility index (Phi) is 6.32. The lowest BCUT2D eigenvalue weighted by molar-refractivity contribution is -0.279. The number of imidazole rings is 1. The molecule has 0 aliphatic carbocycles. The average molecular weight is 399 g/mol. The van der Waals surface area contributed by atoms with Crippen LogP contribution in [-0.2, 0) is 19.5 Å². The molecule has 0 spiro atoms. The molecule has 146 valence electrons. The van der Waals surface area contributed by atoms with Crippen molar-refractivity contribution in [2.45, 2.75) is 52.1 Å². The van der Waals surface area contributed by atoms with Crippen molar-refractivity contribution in [3.8, 4) is 23.5 Å². The third-order valence-corrected chi connectivity index (χ3v) is 4.84. The fourth-order valence-electron chi connectivity index (χ4n) is 3.25. The Hall–Kier alpha value is -2.85. The second-order valence-corrected chi connectivity index (χ2v) is 7.02. The van der Waals surface area contributed by atoms with E-state index in [2.05, 4.69) is 23.0 Å². The molecule has 0 amide bonds. The summed E-state index contributed by atoms with van der Waals surface area (Å²) < 4.78 is 2.72. The first-order valence-corrected chi connectivity index (χ1v) is 9.75. The number of unbranched alkanes of at least 4 members (excludes halogenated alkanes) is 2. The third-order valence-electron chi connectivity index (χ3n) is 4.67. The number of hydrogen-bond acceptors (Lipinski definition) is 5. The summed E-state index contributed by atoms with van der Waals surface area (Å²) in [4.78, 5) is 21.0. The minimum atomic E-state index is -0.461. The highest BCUT2D eigenvalue weighted by Gasteiger charge is 2.20. The van der Waals surface area contributed by atoms with Crippen LogP contribution in [0.3, 0.4) is 0 Å². The molecule has 2 aliphatic rings. The van der Waals surface area contributed by atoms with Crippen molar-refractivity contribution >= 4 is 11.6 Å². The number of rotatable bonds is 8. The smallest absolute Gasteiger partial charge is 0.329 e. The molecule has 0 unspecified atom stereocenters. The van der Waals surface area contributed by atoms with Gasteiger partial charge in [0.05, 0.1) is 11.6 Å². The second-order valence-electron chi connectivity index (χ2n) is 6.68. The number of aromatic nitrogens is 4. The zero-order valence-electron chi connectivity index (χ0n) is 15.7. The zero-order chi connectivity index (χ0) is 20.1. The molecule has 0 fully saturated rings. The van der Waals surface area contributed by atoms with Crippen LogP contribution < -0.4 is 10.8 Å². The highest BCUT2D eigenvalue weighted by Crippen LogP contribution is 2.27. The summed E-state index contributed by atoms with van der Waals surface area (Å²) in [5, 5.41) is 21.7. The van der Waals surface area contributed by atoms with Crippen LogP contribution in [0.1, 0.15) is 43.7 Å². The van der Waals surface area contributed by atoms with Crippen molar-refractivity contribution in [3.63, 3.8) is 0 Å². The van der Waals surface area contributed by atoms with E-state index in [9.17, 15) is 9.90 Å². The Morgan fingerprint density at radius 1 is 1.18 bits per heavy atom. The second kappa shape index (κ2) is 8.89. The maximum Gasteiger partial charge on any atom is 0.329 e. The summed E-state index contributed by atoms with van der Waals surface area (Å²) in [6.07, 6.45) is 4.06. The van der Waals surface area contributed by atoms with Gasteiger partial charge in [0.2, 0.25) is 5.28 Å². The fraction of sp³-hybridized carbons (Fsp3) is 0.400. The summed E-state index contributed by atoms with van der Waals surface area (Å²) in [6, 6.07) is 9.43. The lowest BCUT2D eigenvalue weighted by Gasteiger charge is -2.22. The van der Waals surface area contributed by atoms with Crippen LogP contribution in [0.5, 0.6) is 5.88 Å². The minimum Gasteiger partial charge on any atom is -0.858 e. The van der Waals surface area contributed by atoms with Gasteiger partial charge in [-0.1, -0.05) is 31.9 Å². The van der Waals surface area contributed by atoms with Crippen LogP contribution in [0, 0.1) is 11.3 Å². The van der Waals surface area contributed by atoms with E-state index < -0.39 is 5.88 Å². The Morgan fingerprint density at radius 2 is 1.96 bits per heavy atom. The van der Waals surface area contributed by atoms with Crippen LogP contribution in [0.4, 0.5) is 0 Å².